The van der Waals surface area contributed by atoms with Crippen molar-refractivity contribution in [3.63, 3.8) is 0 Å². The molecule has 18 heavy (non-hydrogen) atoms. The van der Waals surface area contributed by atoms with E-state index in [1.807, 2.05) is 18.2 Å². The van der Waals surface area contributed by atoms with E-state index in [0.29, 0.717) is 5.57 Å². The number of rotatable bonds is 3. The molecule has 0 radical (unpaired) electrons. The first-order chi connectivity index (χ1) is 8.56. The molecule has 1 heterocycles. The molecule has 0 saturated carbocycles. The number of nitrogens with zero attached hydrogens (tertiary/aromatic N) is 1. The first-order valence-corrected chi connectivity index (χ1v) is 6.21. The molecule has 0 spiro atoms. The van der Waals surface area contributed by atoms with Crippen molar-refractivity contribution in [3.05, 3.63) is 47.2 Å². The van der Waals surface area contributed by atoms with Gasteiger partial charge in [0.1, 0.15) is 0 Å². The van der Waals surface area contributed by atoms with Crippen molar-refractivity contribution in [1.29, 1.82) is 0 Å². The van der Waals surface area contributed by atoms with Gasteiger partial charge >= 0.3 is 0 Å². The fraction of sp³-hybridized carbons (Fsp3) is 0.0769. The smallest absolute Gasteiger partial charge is 0.252 e. The topological polar surface area (TPSA) is 68.0 Å². The molecule has 4 nitrogen and oxygen atoms in total. The van der Waals surface area contributed by atoms with E-state index in [4.69, 9.17) is 5.73 Å². The molecule has 5 heteroatoms. The number of fused-ring (bicyclic) bond motifs is 1. The van der Waals surface area contributed by atoms with Gasteiger partial charge in [0.05, 0.1) is 21.5 Å². The molecule has 0 fully saturated rings. The van der Waals surface area contributed by atoms with Gasteiger partial charge in [-0.3, -0.25) is 4.79 Å². The van der Waals surface area contributed by atoms with Gasteiger partial charge in [0.2, 0.25) is 0 Å². The van der Waals surface area contributed by atoms with Gasteiger partial charge in [-0.15, -0.1) is 11.3 Å². The minimum Gasteiger partial charge on any atom is -0.386 e. The van der Waals surface area contributed by atoms with Gasteiger partial charge < -0.3 is 11.1 Å². The van der Waals surface area contributed by atoms with E-state index in [-0.39, 0.29) is 11.7 Å². The lowest BCUT2D eigenvalue weighted by molar-refractivity contribution is -0.116. The molecule has 0 saturated heterocycles. The van der Waals surface area contributed by atoms with Crippen LogP contribution in [-0.2, 0) is 4.79 Å². The zero-order chi connectivity index (χ0) is 13.1. The number of hydrogen-bond donors (Lipinski definition) is 2. The minimum atomic E-state index is -0.244. The Morgan fingerprint density at radius 1 is 1.56 bits per heavy atom. The van der Waals surface area contributed by atoms with E-state index >= 15 is 0 Å². The Kier molecular flexibility index (Phi) is 3.43. The van der Waals surface area contributed by atoms with Crippen LogP contribution in [0.5, 0.6) is 0 Å². The summed E-state index contributed by atoms with van der Waals surface area (Å²) in [5.41, 5.74) is 9.63. The Labute approximate surface area is 109 Å². The number of nitrogens with one attached hydrogen (secondary N) is 1. The van der Waals surface area contributed by atoms with E-state index in [1.165, 1.54) is 0 Å². The van der Waals surface area contributed by atoms with E-state index in [2.05, 4.69) is 16.9 Å². The van der Waals surface area contributed by atoms with Crippen molar-refractivity contribution < 1.29 is 4.79 Å². The normalized spacial score (nSPS) is 11.5. The fourth-order valence-corrected chi connectivity index (χ4v) is 2.25. The third-order valence-electron chi connectivity index (χ3n) is 2.37. The third-order valence-corrected chi connectivity index (χ3v) is 3.16. The van der Waals surface area contributed by atoms with Crippen LogP contribution in [0, 0.1) is 0 Å². The Morgan fingerprint density at radius 2 is 2.33 bits per heavy atom. The molecule has 92 valence electrons. The number of hydrogen-bond acceptors (Lipinski definition) is 4. The molecule has 3 N–H and O–H groups in total. The molecule has 0 aliphatic rings. The van der Waals surface area contributed by atoms with Gasteiger partial charge in [-0.25, -0.2) is 4.98 Å². The van der Waals surface area contributed by atoms with Crippen molar-refractivity contribution in [2.24, 2.45) is 5.73 Å². The standard InChI is InChI=1S/C13H13N3OS/c1-8(13(17)16-9(2)14)5-10-3-4-11-12(6-10)18-7-15-11/h3-7H,2,14H2,1H3,(H,16,17)/b8-5+. The molecule has 0 unspecified atom stereocenters. The predicted molar refractivity (Wildman–Crippen MR) is 74.7 cm³/mol. The zero-order valence-electron chi connectivity index (χ0n) is 9.93. The largest absolute Gasteiger partial charge is 0.386 e. The molecule has 1 aromatic carbocycles. The lowest BCUT2D eigenvalue weighted by Gasteiger charge is -2.03. The number of carbonyl (C=O) groups excluding carboxylic acids is 1. The molecule has 1 aromatic heterocycles. The highest BCUT2D eigenvalue weighted by Crippen LogP contribution is 2.20. The minimum absolute atomic E-state index is 0.144. The van der Waals surface area contributed by atoms with Crippen LogP contribution in [-0.4, -0.2) is 10.9 Å². The molecular formula is C13H13N3OS. The second-order valence-electron chi connectivity index (χ2n) is 3.89. The van der Waals surface area contributed by atoms with Crippen LogP contribution in [0.3, 0.4) is 0 Å². The first kappa shape index (κ1) is 12.3. The summed E-state index contributed by atoms with van der Waals surface area (Å²) in [5, 5.41) is 2.46. The number of carbonyl (C=O) groups is 1. The Morgan fingerprint density at radius 3 is 3.06 bits per heavy atom. The summed E-state index contributed by atoms with van der Waals surface area (Å²) in [5.74, 6) is -0.0995. The quantitative estimate of drug-likeness (QED) is 0.831. The highest BCUT2D eigenvalue weighted by Gasteiger charge is 2.04. The highest BCUT2D eigenvalue weighted by molar-refractivity contribution is 7.16. The van der Waals surface area contributed by atoms with E-state index in [9.17, 15) is 4.79 Å². The third kappa shape index (κ3) is 2.75. The summed E-state index contributed by atoms with van der Waals surface area (Å²) in [7, 11) is 0. The molecule has 0 bridgehead atoms. The number of nitrogens with two attached hydrogens (primary N) is 1. The summed E-state index contributed by atoms with van der Waals surface area (Å²) in [6.07, 6.45) is 1.80. The average Bonchev–Trinajstić information content (AvgIpc) is 2.75. The SMILES string of the molecule is C=C(N)NC(=O)/C(C)=C/c1ccc2ncsc2c1. The number of benzene rings is 1. The lowest BCUT2D eigenvalue weighted by Crippen LogP contribution is -2.26. The van der Waals surface area contributed by atoms with Gasteiger partial charge in [0.15, 0.2) is 0 Å². The average molecular weight is 259 g/mol. The van der Waals surface area contributed by atoms with Crippen LogP contribution in [0.25, 0.3) is 16.3 Å². The maximum atomic E-state index is 11.6. The number of thiazole rings is 1. The Bertz CT molecular complexity index is 642. The van der Waals surface area contributed by atoms with Crippen molar-refractivity contribution in [1.82, 2.24) is 10.3 Å². The predicted octanol–water partition coefficient (Wildman–Crippen LogP) is 2.25. The van der Waals surface area contributed by atoms with E-state index < -0.39 is 0 Å². The molecule has 0 aliphatic carbocycles. The van der Waals surface area contributed by atoms with Crippen LogP contribution in [0.4, 0.5) is 0 Å². The number of aromatic nitrogens is 1. The highest BCUT2D eigenvalue weighted by atomic mass is 32.1. The van der Waals surface area contributed by atoms with Gasteiger partial charge in [-0.2, -0.15) is 0 Å². The first-order valence-electron chi connectivity index (χ1n) is 5.33. The van der Waals surface area contributed by atoms with Crippen LogP contribution < -0.4 is 11.1 Å². The van der Waals surface area contributed by atoms with Gasteiger partial charge in [0, 0.05) is 5.57 Å². The summed E-state index contributed by atoms with van der Waals surface area (Å²) in [6.45, 7) is 5.16. The second kappa shape index (κ2) is 5.01. The van der Waals surface area contributed by atoms with Gasteiger partial charge in [-0.1, -0.05) is 12.6 Å². The van der Waals surface area contributed by atoms with Crippen molar-refractivity contribution >= 4 is 33.5 Å². The Balaban J connectivity index is 2.25. The second-order valence-corrected chi connectivity index (χ2v) is 4.77. The lowest BCUT2D eigenvalue weighted by atomic mass is 10.1. The van der Waals surface area contributed by atoms with E-state index in [0.717, 1.165) is 15.8 Å². The van der Waals surface area contributed by atoms with Crippen molar-refractivity contribution in [2.45, 2.75) is 6.92 Å². The fourth-order valence-electron chi connectivity index (χ4n) is 1.52. The molecule has 1 amide bonds. The molecule has 0 aliphatic heterocycles. The zero-order valence-corrected chi connectivity index (χ0v) is 10.8. The van der Waals surface area contributed by atoms with E-state index in [1.54, 1.807) is 29.8 Å². The summed E-state index contributed by atoms with van der Waals surface area (Å²) < 4.78 is 1.10. The monoisotopic (exact) mass is 259 g/mol. The number of amides is 1. The maximum absolute atomic E-state index is 11.6. The molecule has 0 atom stereocenters. The van der Waals surface area contributed by atoms with Crippen LogP contribution in [0.1, 0.15) is 12.5 Å². The summed E-state index contributed by atoms with van der Waals surface area (Å²) in [4.78, 5) is 15.8. The molecule has 2 rings (SSSR count). The Hall–Kier alpha value is -2.14. The van der Waals surface area contributed by atoms with Crippen LogP contribution in [0.2, 0.25) is 0 Å². The molecular weight excluding hydrogens is 246 g/mol. The summed E-state index contributed by atoms with van der Waals surface area (Å²) in [6, 6.07) is 5.86. The van der Waals surface area contributed by atoms with Gasteiger partial charge in [0.25, 0.3) is 5.91 Å². The summed E-state index contributed by atoms with van der Waals surface area (Å²) >= 11 is 1.57. The van der Waals surface area contributed by atoms with Crippen molar-refractivity contribution in [3.8, 4) is 0 Å². The maximum Gasteiger partial charge on any atom is 0.252 e. The van der Waals surface area contributed by atoms with Crippen LogP contribution in [0.15, 0.2) is 41.7 Å². The van der Waals surface area contributed by atoms with Gasteiger partial charge in [-0.05, 0) is 30.7 Å². The van der Waals surface area contributed by atoms with Crippen LogP contribution >= 0.6 is 11.3 Å². The van der Waals surface area contributed by atoms with Crippen molar-refractivity contribution in [2.75, 3.05) is 0 Å². The molecule has 2 aromatic rings.